The molecule has 2 heterocycles. The molecule has 2 amide bonds. The van der Waals surface area contributed by atoms with Gasteiger partial charge in [0.1, 0.15) is 12.1 Å². The van der Waals surface area contributed by atoms with Crippen LogP contribution >= 0.6 is 0 Å². The molecule has 152 valence electrons. The Labute approximate surface area is 173 Å². The zero-order chi connectivity index (χ0) is 21.3. The largest absolute Gasteiger partial charge is 0.465 e. The van der Waals surface area contributed by atoms with Crippen LogP contribution in [0.1, 0.15) is 18.2 Å². The van der Waals surface area contributed by atoms with Crippen molar-refractivity contribution in [2.75, 3.05) is 11.6 Å². The number of aromatic nitrogens is 1. The number of anilines is 1. The fourth-order valence-corrected chi connectivity index (χ4v) is 3.64. The molecule has 0 aliphatic carbocycles. The van der Waals surface area contributed by atoms with Gasteiger partial charge in [-0.05, 0) is 38.1 Å². The maximum Gasteiger partial charge on any atom is 0.325 e. The second-order valence-electron chi connectivity index (χ2n) is 6.88. The minimum atomic E-state index is -0.467. The molecule has 1 aliphatic rings. The molecule has 4 rings (SSSR count). The van der Waals surface area contributed by atoms with E-state index in [2.05, 4.69) is 5.43 Å². The van der Waals surface area contributed by atoms with Gasteiger partial charge < -0.3 is 9.30 Å². The summed E-state index contributed by atoms with van der Waals surface area (Å²) in [4.78, 5) is 37.6. The predicted molar refractivity (Wildman–Crippen MR) is 113 cm³/mol. The van der Waals surface area contributed by atoms with E-state index < -0.39 is 11.8 Å². The zero-order valence-corrected chi connectivity index (χ0v) is 16.7. The molecule has 0 bridgehead atoms. The second kappa shape index (κ2) is 7.87. The number of benzene rings is 2. The van der Waals surface area contributed by atoms with Gasteiger partial charge in [-0.1, -0.05) is 36.4 Å². The summed E-state index contributed by atoms with van der Waals surface area (Å²) in [5, 5.41) is 2.09. The summed E-state index contributed by atoms with van der Waals surface area (Å²) in [6.07, 6.45) is 1.60. The Kier molecular flexibility index (Phi) is 5.10. The molecule has 7 heteroatoms. The first-order valence-electron chi connectivity index (χ1n) is 9.67. The van der Waals surface area contributed by atoms with Crippen molar-refractivity contribution in [3.05, 3.63) is 71.4 Å². The van der Waals surface area contributed by atoms with Crippen LogP contribution in [-0.2, 0) is 25.7 Å². The first-order valence-corrected chi connectivity index (χ1v) is 9.67. The average Bonchev–Trinajstić information content (AvgIpc) is 3.18. The monoisotopic (exact) mass is 403 g/mol. The maximum atomic E-state index is 12.9. The molecular formula is C23H21N3O4. The first kappa shape index (κ1) is 19.4. The van der Waals surface area contributed by atoms with Crippen LogP contribution in [0.15, 0.2) is 60.2 Å². The molecule has 1 fully saturated rings. The number of para-hydroxylation sites is 2. The lowest BCUT2D eigenvalue weighted by Crippen LogP contribution is -2.35. The molecule has 0 atom stereocenters. The number of hydrogen-bond acceptors (Lipinski definition) is 4. The van der Waals surface area contributed by atoms with Gasteiger partial charge in [0.05, 0.1) is 12.3 Å². The number of esters is 1. The summed E-state index contributed by atoms with van der Waals surface area (Å²) in [6.45, 7) is 3.98. The van der Waals surface area contributed by atoms with Crippen LogP contribution in [0.2, 0.25) is 0 Å². The van der Waals surface area contributed by atoms with E-state index in [1.807, 2.05) is 41.8 Å². The highest BCUT2D eigenvalue weighted by Gasteiger charge is 2.34. The number of hydrazine groups is 1. The minimum Gasteiger partial charge on any atom is -0.465 e. The van der Waals surface area contributed by atoms with E-state index in [0.29, 0.717) is 12.3 Å². The number of carbonyl (C=O) groups excluding carboxylic acids is 3. The standard InChI is InChI=1S/C23H21N3O4/c1-3-30-21(27)14-25-15(2)18(17-11-7-8-12-20(17)25)13-19-22(28)24-26(23(19)29)16-9-5-4-6-10-16/h4-13H,3,14H2,1-2H3,(H,24,28). The third kappa shape index (κ3) is 3.34. The Morgan fingerprint density at radius 2 is 1.77 bits per heavy atom. The Morgan fingerprint density at radius 1 is 1.07 bits per heavy atom. The molecule has 30 heavy (non-hydrogen) atoms. The molecule has 0 radical (unpaired) electrons. The van der Waals surface area contributed by atoms with Gasteiger partial charge in [-0.2, -0.15) is 0 Å². The second-order valence-corrected chi connectivity index (χ2v) is 6.88. The van der Waals surface area contributed by atoms with Crippen molar-refractivity contribution in [1.29, 1.82) is 0 Å². The lowest BCUT2D eigenvalue weighted by atomic mass is 10.1. The number of fused-ring (bicyclic) bond motifs is 1. The van der Waals surface area contributed by atoms with Crippen LogP contribution < -0.4 is 10.4 Å². The molecule has 7 nitrogen and oxygen atoms in total. The lowest BCUT2D eigenvalue weighted by molar-refractivity contribution is -0.143. The third-order valence-electron chi connectivity index (χ3n) is 5.07. The van der Waals surface area contributed by atoms with Crippen LogP contribution in [-0.4, -0.2) is 29.0 Å². The topological polar surface area (TPSA) is 80.6 Å². The zero-order valence-electron chi connectivity index (χ0n) is 16.7. The fraction of sp³-hybridized carbons (Fsp3) is 0.174. The number of rotatable bonds is 5. The van der Waals surface area contributed by atoms with Gasteiger partial charge >= 0.3 is 5.97 Å². The average molecular weight is 403 g/mol. The van der Waals surface area contributed by atoms with Gasteiger partial charge in [-0.3, -0.25) is 19.8 Å². The van der Waals surface area contributed by atoms with Crippen molar-refractivity contribution in [2.45, 2.75) is 20.4 Å². The predicted octanol–water partition coefficient (Wildman–Crippen LogP) is 2.97. The normalized spacial score (nSPS) is 15.1. The molecule has 3 aromatic rings. The summed E-state index contributed by atoms with van der Waals surface area (Å²) < 4.78 is 6.93. The van der Waals surface area contributed by atoms with Gasteiger partial charge in [0.15, 0.2) is 0 Å². The summed E-state index contributed by atoms with van der Waals surface area (Å²) >= 11 is 0. The number of carbonyl (C=O) groups is 3. The quantitative estimate of drug-likeness (QED) is 0.404. The van der Waals surface area contributed by atoms with Crippen molar-refractivity contribution in [3.8, 4) is 0 Å². The summed E-state index contributed by atoms with van der Waals surface area (Å²) in [7, 11) is 0. The molecule has 1 saturated heterocycles. The molecule has 1 aromatic heterocycles. The van der Waals surface area contributed by atoms with E-state index >= 15 is 0 Å². The van der Waals surface area contributed by atoms with Crippen LogP contribution in [0.4, 0.5) is 5.69 Å². The van der Waals surface area contributed by atoms with Crippen LogP contribution in [0.25, 0.3) is 17.0 Å². The van der Waals surface area contributed by atoms with Crippen LogP contribution in [0, 0.1) is 6.92 Å². The molecular weight excluding hydrogens is 382 g/mol. The molecule has 2 aromatic carbocycles. The Bertz CT molecular complexity index is 1180. The molecule has 1 N–H and O–H groups in total. The highest BCUT2D eigenvalue weighted by atomic mass is 16.5. The molecule has 0 unspecified atom stereocenters. The van der Waals surface area contributed by atoms with E-state index in [4.69, 9.17) is 4.74 Å². The number of amides is 2. The summed E-state index contributed by atoms with van der Waals surface area (Å²) in [5.74, 6) is -1.23. The van der Waals surface area contributed by atoms with Gasteiger partial charge in [0.25, 0.3) is 11.8 Å². The highest BCUT2D eigenvalue weighted by molar-refractivity contribution is 6.32. The molecule has 1 aliphatic heterocycles. The highest BCUT2D eigenvalue weighted by Crippen LogP contribution is 2.30. The number of hydrogen-bond donors (Lipinski definition) is 1. The van der Waals surface area contributed by atoms with Gasteiger partial charge in [0.2, 0.25) is 0 Å². The first-order chi connectivity index (χ1) is 14.5. The Balaban J connectivity index is 1.77. The molecule has 0 spiro atoms. The van der Waals surface area contributed by atoms with Crippen molar-refractivity contribution in [1.82, 2.24) is 9.99 Å². The van der Waals surface area contributed by atoms with Crippen LogP contribution in [0.3, 0.4) is 0 Å². The van der Waals surface area contributed by atoms with E-state index in [1.54, 1.807) is 37.3 Å². The van der Waals surface area contributed by atoms with Gasteiger partial charge in [0, 0.05) is 22.2 Å². The van der Waals surface area contributed by atoms with E-state index in [0.717, 1.165) is 22.2 Å². The van der Waals surface area contributed by atoms with Crippen LogP contribution in [0.5, 0.6) is 0 Å². The van der Waals surface area contributed by atoms with Gasteiger partial charge in [-0.25, -0.2) is 5.01 Å². The van der Waals surface area contributed by atoms with E-state index in [9.17, 15) is 14.4 Å². The van der Waals surface area contributed by atoms with Crippen molar-refractivity contribution < 1.29 is 19.1 Å². The fourth-order valence-electron chi connectivity index (χ4n) is 3.64. The smallest absolute Gasteiger partial charge is 0.325 e. The number of nitrogens with zero attached hydrogens (tertiary/aromatic N) is 2. The summed E-state index contributed by atoms with van der Waals surface area (Å²) in [5.41, 5.74) is 5.57. The van der Waals surface area contributed by atoms with E-state index in [1.165, 1.54) is 5.01 Å². The Morgan fingerprint density at radius 3 is 2.50 bits per heavy atom. The number of ether oxygens (including phenoxy) is 1. The van der Waals surface area contributed by atoms with Crippen molar-refractivity contribution in [3.63, 3.8) is 0 Å². The number of nitrogens with one attached hydrogen (secondary N) is 1. The maximum absolute atomic E-state index is 12.9. The minimum absolute atomic E-state index is 0.0426. The van der Waals surface area contributed by atoms with Crippen molar-refractivity contribution >= 4 is 40.4 Å². The van der Waals surface area contributed by atoms with E-state index in [-0.39, 0.29) is 18.1 Å². The summed E-state index contributed by atoms with van der Waals surface area (Å²) in [6, 6.07) is 16.5. The SMILES string of the molecule is CCOC(=O)Cn1c(C)c(C=C2C(=O)NN(c3ccccc3)C2=O)c2ccccc21. The van der Waals surface area contributed by atoms with Crippen molar-refractivity contribution in [2.24, 2.45) is 0 Å². The molecule has 0 saturated carbocycles. The third-order valence-corrected chi connectivity index (χ3v) is 5.07. The Hall–Kier alpha value is -3.87. The van der Waals surface area contributed by atoms with Gasteiger partial charge in [-0.15, -0.1) is 0 Å². The lowest BCUT2D eigenvalue weighted by Gasteiger charge is -2.13.